The van der Waals surface area contributed by atoms with Crippen LogP contribution < -0.4 is 0 Å². The van der Waals surface area contributed by atoms with Gasteiger partial charge in [-0.1, -0.05) is 38.1 Å². The predicted molar refractivity (Wildman–Crippen MR) is 86.9 cm³/mol. The molecule has 0 fully saturated rings. The lowest BCUT2D eigenvalue weighted by Crippen LogP contribution is -2.05. The van der Waals surface area contributed by atoms with Gasteiger partial charge in [0.05, 0.1) is 0 Å². The minimum Gasteiger partial charge on any atom is -0.508 e. The Hall–Kier alpha value is -1.96. The molecule has 0 aliphatic rings. The average molecular weight is 284 g/mol. The topological polar surface area (TPSA) is 40.5 Å². The van der Waals surface area contributed by atoms with Crippen molar-refractivity contribution < 1.29 is 10.2 Å². The minimum absolute atomic E-state index is 0.319. The monoisotopic (exact) mass is 284 g/mol. The lowest BCUT2D eigenvalue weighted by atomic mass is 9.82. The van der Waals surface area contributed by atoms with Gasteiger partial charge in [-0.25, -0.2) is 0 Å². The second-order valence-corrected chi connectivity index (χ2v) is 5.63. The molecule has 2 atom stereocenters. The molecule has 0 aliphatic heterocycles. The maximum Gasteiger partial charge on any atom is 0.115 e. The maximum atomic E-state index is 9.42. The summed E-state index contributed by atoms with van der Waals surface area (Å²) in [7, 11) is 0. The van der Waals surface area contributed by atoms with Gasteiger partial charge in [0, 0.05) is 0 Å². The third-order valence-corrected chi connectivity index (χ3v) is 4.28. The lowest BCUT2D eigenvalue weighted by molar-refractivity contribution is 0.472. The van der Waals surface area contributed by atoms with Crippen molar-refractivity contribution in [3.05, 3.63) is 59.7 Å². The van der Waals surface area contributed by atoms with Crippen LogP contribution in [0.5, 0.6) is 11.5 Å². The molecule has 0 saturated heterocycles. The average Bonchev–Trinajstić information content (AvgIpc) is 2.51. The van der Waals surface area contributed by atoms with E-state index in [-0.39, 0.29) is 0 Å². The lowest BCUT2D eigenvalue weighted by Gasteiger charge is -2.23. The molecule has 2 unspecified atom stereocenters. The van der Waals surface area contributed by atoms with E-state index in [2.05, 4.69) is 13.8 Å². The molecule has 112 valence electrons. The van der Waals surface area contributed by atoms with Gasteiger partial charge in [-0.2, -0.15) is 0 Å². The summed E-state index contributed by atoms with van der Waals surface area (Å²) in [6.07, 6.45) is 3.25. The molecule has 2 heteroatoms. The Labute approximate surface area is 127 Å². The van der Waals surface area contributed by atoms with Crippen LogP contribution in [0, 0.1) is 0 Å². The quantitative estimate of drug-likeness (QED) is 0.767. The molecule has 0 heterocycles. The number of hydrogen-bond donors (Lipinski definition) is 2. The van der Waals surface area contributed by atoms with Crippen LogP contribution in [0.1, 0.15) is 56.1 Å². The molecule has 2 aromatic carbocycles. The number of aromatic hydroxyl groups is 2. The molecular weight excluding hydrogens is 260 g/mol. The van der Waals surface area contributed by atoms with Crippen molar-refractivity contribution in [2.24, 2.45) is 0 Å². The molecule has 0 radical (unpaired) electrons. The predicted octanol–water partition coefficient (Wildman–Crippen LogP) is 5.18. The third-order valence-electron chi connectivity index (χ3n) is 4.28. The number of hydrogen-bond acceptors (Lipinski definition) is 2. The van der Waals surface area contributed by atoms with E-state index in [4.69, 9.17) is 0 Å². The van der Waals surface area contributed by atoms with Crippen molar-refractivity contribution in [1.82, 2.24) is 0 Å². The van der Waals surface area contributed by atoms with Gasteiger partial charge in [-0.3, -0.25) is 0 Å². The van der Waals surface area contributed by atoms with Gasteiger partial charge in [-0.05, 0) is 66.5 Å². The van der Waals surface area contributed by atoms with E-state index in [1.165, 1.54) is 11.1 Å². The van der Waals surface area contributed by atoms with Crippen LogP contribution in [0.25, 0.3) is 0 Å². The van der Waals surface area contributed by atoms with Crippen molar-refractivity contribution in [2.45, 2.75) is 44.9 Å². The summed E-state index contributed by atoms with van der Waals surface area (Å²) in [5.74, 6) is 1.62. The summed E-state index contributed by atoms with van der Waals surface area (Å²) in [6.45, 7) is 4.42. The van der Waals surface area contributed by atoms with Gasteiger partial charge in [0.1, 0.15) is 11.5 Å². The molecule has 2 N–H and O–H groups in total. The minimum atomic E-state index is 0.319. The zero-order chi connectivity index (χ0) is 15.2. The third kappa shape index (κ3) is 4.01. The Morgan fingerprint density at radius 1 is 0.667 bits per heavy atom. The van der Waals surface area contributed by atoms with Crippen LogP contribution >= 0.6 is 0 Å². The molecule has 0 aliphatic carbocycles. The van der Waals surface area contributed by atoms with Crippen molar-refractivity contribution in [3.63, 3.8) is 0 Å². The van der Waals surface area contributed by atoms with Crippen LogP contribution in [0.2, 0.25) is 0 Å². The smallest absolute Gasteiger partial charge is 0.115 e. The molecule has 0 bridgehead atoms. The SMILES string of the molecule is CCC(CC(CC)c1ccc(O)cc1)c1ccc(O)cc1. The normalized spacial score (nSPS) is 13.8. The zero-order valence-corrected chi connectivity index (χ0v) is 12.8. The number of benzene rings is 2. The van der Waals surface area contributed by atoms with Crippen molar-refractivity contribution in [2.75, 3.05) is 0 Å². The van der Waals surface area contributed by atoms with Gasteiger partial charge in [0.15, 0.2) is 0 Å². The first-order valence-electron chi connectivity index (χ1n) is 7.71. The molecule has 0 aromatic heterocycles. The largest absolute Gasteiger partial charge is 0.508 e. The van der Waals surface area contributed by atoms with Gasteiger partial charge in [0.2, 0.25) is 0 Å². The second kappa shape index (κ2) is 7.16. The van der Waals surface area contributed by atoms with Crippen LogP contribution in [0.4, 0.5) is 0 Å². The van der Waals surface area contributed by atoms with Gasteiger partial charge < -0.3 is 10.2 Å². The fourth-order valence-corrected chi connectivity index (χ4v) is 2.91. The Balaban J connectivity index is 2.15. The van der Waals surface area contributed by atoms with E-state index in [1.807, 2.05) is 24.3 Å². The Morgan fingerprint density at radius 2 is 1.00 bits per heavy atom. The molecule has 0 saturated carbocycles. The fourth-order valence-electron chi connectivity index (χ4n) is 2.91. The van der Waals surface area contributed by atoms with Crippen molar-refractivity contribution in [1.29, 1.82) is 0 Å². The summed E-state index contributed by atoms with van der Waals surface area (Å²) in [5, 5.41) is 18.8. The molecular formula is C19H24O2. The van der Waals surface area contributed by atoms with Gasteiger partial charge in [-0.15, -0.1) is 0 Å². The summed E-state index contributed by atoms with van der Waals surface area (Å²) < 4.78 is 0. The Morgan fingerprint density at radius 3 is 1.29 bits per heavy atom. The number of phenols is 2. The molecule has 21 heavy (non-hydrogen) atoms. The Kier molecular flexibility index (Phi) is 5.26. The molecule has 0 spiro atoms. The summed E-state index contributed by atoms with van der Waals surface area (Å²) in [5.41, 5.74) is 2.57. The summed E-state index contributed by atoms with van der Waals surface area (Å²) in [6, 6.07) is 15.1. The molecule has 2 aromatic rings. The van der Waals surface area contributed by atoms with Crippen LogP contribution in [-0.2, 0) is 0 Å². The maximum absolute atomic E-state index is 9.42. The first-order chi connectivity index (χ1) is 10.1. The van der Waals surface area contributed by atoms with Gasteiger partial charge in [0.25, 0.3) is 0 Å². The molecule has 2 rings (SSSR count). The molecule has 0 amide bonds. The van der Waals surface area contributed by atoms with E-state index < -0.39 is 0 Å². The van der Waals surface area contributed by atoms with Crippen LogP contribution in [-0.4, -0.2) is 10.2 Å². The van der Waals surface area contributed by atoms with E-state index in [9.17, 15) is 10.2 Å². The van der Waals surface area contributed by atoms with E-state index in [1.54, 1.807) is 24.3 Å². The highest BCUT2D eigenvalue weighted by molar-refractivity contribution is 5.31. The highest BCUT2D eigenvalue weighted by atomic mass is 16.3. The Bertz CT molecular complexity index is 491. The second-order valence-electron chi connectivity index (χ2n) is 5.63. The van der Waals surface area contributed by atoms with Crippen LogP contribution in [0.15, 0.2) is 48.5 Å². The molecule has 2 nitrogen and oxygen atoms in total. The fraction of sp³-hybridized carbons (Fsp3) is 0.368. The standard InChI is InChI=1S/C19H24O2/c1-3-14(16-5-9-18(20)10-6-16)13-15(4-2)17-7-11-19(21)12-8-17/h5-12,14-15,20-21H,3-4,13H2,1-2H3. The summed E-state index contributed by atoms with van der Waals surface area (Å²) >= 11 is 0. The van der Waals surface area contributed by atoms with Crippen LogP contribution in [0.3, 0.4) is 0 Å². The van der Waals surface area contributed by atoms with E-state index >= 15 is 0 Å². The zero-order valence-electron chi connectivity index (χ0n) is 12.8. The van der Waals surface area contributed by atoms with Crippen molar-refractivity contribution >= 4 is 0 Å². The first-order valence-corrected chi connectivity index (χ1v) is 7.71. The summed E-state index contributed by atoms with van der Waals surface area (Å²) in [4.78, 5) is 0. The number of phenolic OH excluding ortho intramolecular Hbond substituents is 2. The highest BCUT2D eigenvalue weighted by Crippen LogP contribution is 2.35. The number of rotatable bonds is 6. The van der Waals surface area contributed by atoms with E-state index in [0.29, 0.717) is 23.3 Å². The van der Waals surface area contributed by atoms with Crippen molar-refractivity contribution in [3.8, 4) is 11.5 Å². The first kappa shape index (κ1) is 15.4. The van der Waals surface area contributed by atoms with Gasteiger partial charge >= 0.3 is 0 Å². The van der Waals surface area contributed by atoms with E-state index in [0.717, 1.165) is 19.3 Å². The highest BCUT2D eigenvalue weighted by Gasteiger charge is 2.17.